The van der Waals surface area contributed by atoms with E-state index in [9.17, 15) is 0 Å². The van der Waals surface area contributed by atoms with Crippen LogP contribution in [0.2, 0.25) is 0 Å². The van der Waals surface area contributed by atoms with Crippen molar-refractivity contribution in [3.63, 3.8) is 0 Å². The molecule has 1 rings (SSSR count). The van der Waals surface area contributed by atoms with Gasteiger partial charge in [0.15, 0.2) is 0 Å². The molecule has 3 heteroatoms. The van der Waals surface area contributed by atoms with Crippen LogP contribution in [-0.4, -0.2) is 21.5 Å². The summed E-state index contributed by atoms with van der Waals surface area (Å²) < 4.78 is 1.84. The molecule has 3 nitrogen and oxygen atoms in total. The summed E-state index contributed by atoms with van der Waals surface area (Å²) in [5.74, 6) is 0. The topological polar surface area (TPSA) is 38.0 Å². The molecule has 56 valence electrons. The number of aryl methyl sites for hydroxylation is 2. The summed E-state index contributed by atoms with van der Waals surface area (Å²) in [7, 11) is 0. The molecule has 0 unspecified atom stereocenters. The van der Waals surface area contributed by atoms with Crippen molar-refractivity contribution in [1.82, 2.24) is 9.78 Å². The second kappa shape index (κ2) is 3.37. The highest BCUT2D eigenvalue weighted by atomic mass is 16.3. The second-order valence-electron chi connectivity index (χ2n) is 2.36. The molecule has 1 N–H and O–H groups in total. The third kappa shape index (κ3) is 1.84. The van der Waals surface area contributed by atoms with E-state index in [0.717, 1.165) is 18.5 Å². The minimum atomic E-state index is 0.235. The van der Waals surface area contributed by atoms with Crippen LogP contribution in [0.1, 0.15) is 12.0 Å². The fraction of sp³-hybridized carbons (Fsp3) is 0.571. The molecule has 1 aromatic heterocycles. The molecule has 0 amide bonds. The summed E-state index contributed by atoms with van der Waals surface area (Å²) in [6.45, 7) is 3.05. The number of rotatable bonds is 3. The van der Waals surface area contributed by atoms with Crippen molar-refractivity contribution < 1.29 is 5.11 Å². The van der Waals surface area contributed by atoms with E-state index in [1.807, 2.05) is 24.0 Å². The van der Waals surface area contributed by atoms with Crippen molar-refractivity contribution in [3.05, 3.63) is 18.0 Å². The van der Waals surface area contributed by atoms with Gasteiger partial charge in [0.05, 0.1) is 6.20 Å². The summed E-state index contributed by atoms with van der Waals surface area (Å²) in [6, 6.07) is 0. The fourth-order valence-corrected chi connectivity index (χ4v) is 0.822. The van der Waals surface area contributed by atoms with Crippen molar-refractivity contribution in [2.75, 3.05) is 6.61 Å². The molecule has 0 saturated heterocycles. The number of aliphatic hydroxyl groups excluding tert-OH is 1. The lowest BCUT2D eigenvalue weighted by molar-refractivity contribution is 0.277. The van der Waals surface area contributed by atoms with Gasteiger partial charge < -0.3 is 5.11 Å². The van der Waals surface area contributed by atoms with Crippen LogP contribution in [0.4, 0.5) is 0 Å². The number of nitrogens with zero attached hydrogens (tertiary/aromatic N) is 2. The molecule has 0 aliphatic heterocycles. The average molecular weight is 140 g/mol. The third-order valence-corrected chi connectivity index (χ3v) is 1.31. The van der Waals surface area contributed by atoms with Crippen molar-refractivity contribution in [2.24, 2.45) is 0 Å². The van der Waals surface area contributed by atoms with Crippen LogP contribution in [0.5, 0.6) is 0 Å². The maximum atomic E-state index is 8.49. The zero-order valence-electron chi connectivity index (χ0n) is 6.12. The molecule has 0 radical (unpaired) electrons. The smallest absolute Gasteiger partial charge is 0.0518 e. The van der Waals surface area contributed by atoms with Gasteiger partial charge in [-0.05, 0) is 18.9 Å². The van der Waals surface area contributed by atoms with Crippen molar-refractivity contribution in [1.29, 1.82) is 0 Å². The van der Waals surface area contributed by atoms with Gasteiger partial charge in [0.2, 0.25) is 0 Å². The zero-order chi connectivity index (χ0) is 7.40. The predicted molar refractivity (Wildman–Crippen MR) is 38.7 cm³/mol. The van der Waals surface area contributed by atoms with Gasteiger partial charge in [-0.3, -0.25) is 4.68 Å². The number of hydrogen-bond acceptors (Lipinski definition) is 2. The lowest BCUT2D eigenvalue weighted by atomic mass is 10.4. The minimum Gasteiger partial charge on any atom is -0.396 e. The molecule has 0 saturated carbocycles. The monoisotopic (exact) mass is 140 g/mol. The van der Waals surface area contributed by atoms with E-state index in [1.54, 1.807) is 0 Å². The molecule has 1 aromatic rings. The zero-order valence-corrected chi connectivity index (χ0v) is 6.12. The Morgan fingerprint density at radius 2 is 2.50 bits per heavy atom. The molecule has 0 atom stereocenters. The van der Waals surface area contributed by atoms with E-state index < -0.39 is 0 Å². The van der Waals surface area contributed by atoms with Gasteiger partial charge in [0.1, 0.15) is 0 Å². The van der Waals surface area contributed by atoms with Crippen LogP contribution >= 0.6 is 0 Å². The SMILES string of the molecule is Cc1cnn(CCCO)c1. The van der Waals surface area contributed by atoms with Gasteiger partial charge in [0.25, 0.3) is 0 Å². The van der Waals surface area contributed by atoms with Crippen molar-refractivity contribution in [2.45, 2.75) is 19.9 Å². The van der Waals surface area contributed by atoms with Crippen LogP contribution in [0.25, 0.3) is 0 Å². The summed E-state index contributed by atoms with van der Waals surface area (Å²) in [5.41, 5.74) is 1.16. The van der Waals surface area contributed by atoms with Crippen LogP contribution in [-0.2, 0) is 6.54 Å². The molecule has 10 heavy (non-hydrogen) atoms. The molecule has 0 aromatic carbocycles. The Labute approximate surface area is 60.3 Å². The van der Waals surface area contributed by atoms with Crippen LogP contribution in [0.15, 0.2) is 12.4 Å². The Hall–Kier alpha value is -0.830. The van der Waals surface area contributed by atoms with Crippen LogP contribution < -0.4 is 0 Å². The van der Waals surface area contributed by atoms with Gasteiger partial charge >= 0.3 is 0 Å². The van der Waals surface area contributed by atoms with E-state index in [4.69, 9.17) is 5.11 Å². The van der Waals surface area contributed by atoms with Gasteiger partial charge in [-0.15, -0.1) is 0 Å². The maximum Gasteiger partial charge on any atom is 0.0518 e. The Bertz CT molecular complexity index is 195. The second-order valence-corrected chi connectivity index (χ2v) is 2.36. The Kier molecular flexibility index (Phi) is 2.45. The highest BCUT2D eigenvalue weighted by Gasteiger charge is 1.91. The first kappa shape index (κ1) is 7.28. The molecular formula is C7H12N2O. The van der Waals surface area contributed by atoms with Crippen molar-refractivity contribution in [3.8, 4) is 0 Å². The molecular weight excluding hydrogens is 128 g/mol. The summed E-state index contributed by atoms with van der Waals surface area (Å²) in [6.07, 6.45) is 4.56. The largest absolute Gasteiger partial charge is 0.396 e. The van der Waals surface area contributed by atoms with E-state index in [0.29, 0.717) is 0 Å². The standard InChI is InChI=1S/C7H12N2O/c1-7-5-8-9(6-7)3-2-4-10/h5-6,10H,2-4H2,1H3. The Balaban J connectivity index is 2.42. The molecule has 0 spiro atoms. The van der Waals surface area contributed by atoms with Gasteiger partial charge in [0, 0.05) is 19.3 Å². The normalized spacial score (nSPS) is 10.2. The first-order valence-electron chi connectivity index (χ1n) is 3.43. The predicted octanol–water partition coefficient (Wildman–Crippen LogP) is 0.574. The van der Waals surface area contributed by atoms with E-state index >= 15 is 0 Å². The lowest BCUT2D eigenvalue weighted by Gasteiger charge is -1.95. The van der Waals surface area contributed by atoms with Gasteiger partial charge in [-0.1, -0.05) is 0 Å². The minimum absolute atomic E-state index is 0.235. The fourth-order valence-electron chi connectivity index (χ4n) is 0.822. The average Bonchev–Trinajstić information content (AvgIpc) is 2.31. The third-order valence-electron chi connectivity index (χ3n) is 1.31. The maximum absolute atomic E-state index is 8.49. The summed E-state index contributed by atoms with van der Waals surface area (Å²) in [5, 5.41) is 12.6. The Morgan fingerprint density at radius 1 is 1.70 bits per heavy atom. The van der Waals surface area contributed by atoms with E-state index in [1.165, 1.54) is 0 Å². The van der Waals surface area contributed by atoms with Crippen LogP contribution in [0.3, 0.4) is 0 Å². The number of aliphatic hydroxyl groups is 1. The summed E-state index contributed by atoms with van der Waals surface area (Å²) in [4.78, 5) is 0. The van der Waals surface area contributed by atoms with Crippen LogP contribution in [0, 0.1) is 6.92 Å². The molecule has 0 bridgehead atoms. The highest BCUT2D eigenvalue weighted by Crippen LogP contribution is 1.94. The van der Waals surface area contributed by atoms with E-state index in [-0.39, 0.29) is 6.61 Å². The van der Waals surface area contributed by atoms with Crippen molar-refractivity contribution >= 4 is 0 Å². The molecule has 0 aliphatic rings. The first-order valence-corrected chi connectivity index (χ1v) is 3.43. The van der Waals surface area contributed by atoms with Gasteiger partial charge in [-0.2, -0.15) is 5.10 Å². The Morgan fingerprint density at radius 3 is 3.00 bits per heavy atom. The molecule has 1 heterocycles. The molecule has 0 fully saturated rings. The van der Waals surface area contributed by atoms with E-state index in [2.05, 4.69) is 5.10 Å². The van der Waals surface area contributed by atoms with Gasteiger partial charge in [-0.25, -0.2) is 0 Å². The number of aromatic nitrogens is 2. The quantitative estimate of drug-likeness (QED) is 0.666. The summed E-state index contributed by atoms with van der Waals surface area (Å²) >= 11 is 0. The number of hydrogen-bond donors (Lipinski definition) is 1. The molecule has 0 aliphatic carbocycles. The first-order chi connectivity index (χ1) is 4.83. The lowest BCUT2D eigenvalue weighted by Crippen LogP contribution is -1.99. The highest BCUT2D eigenvalue weighted by molar-refractivity contribution is 4.99.